The van der Waals surface area contributed by atoms with Gasteiger partial charge in [0.15, 0.2) is 0 Å². The van der Waals surface area contributed by atoms with Gasteiger partial charge in [0.05, 0.1) is 11.6 Å². The van der Waals surface area contributed by atoms with E-state index in [-0.39, 0.29) is 0 Å². The maximum absolute atomic E-state index is 9.24. The Morgan fingerprint density at radius 1 is 1.11 bits per heavy atom. The highest BCUT2D eigenvalue weighted by Gasteiger charge is 2.25. The number of nitriles is 1. The topological polar surface area (TPSA) is 43.2 Å². The molecular formula is C23H30N4. The van der Waals surface area contributed by atoms with Crippen LogP contribution in [0.5, 0.6) is 0 Å². The number of rotatable bonds is 7. The normalized spacial score (nSPS) is 16.1. The van der Waals surface area contributed by atoms with E-state index in [9.17, 15) is 5.26 Å². The average Bonchev–Trinajstić information content (AvgIpc) is 2.72. The van der Waals surface area contributed by atoms with Crippen molar-refractivity contribution in [3.63, 3.8) is 0 Å². The number of hydrogen-bond acceptors (Lipinski definition) is 4. The van der Waals surface area contributed by atoms with Gasteiger partial charge in [-0.25, -0.2) is 4.98 Å². The number of hydrogen-bond donors (Lipinski definition) is 0. The smallest absolute Gasteiger partial charge is 0.128 e. The van der Waals surface area contributed by atoms with Gasteiger partial charge in [-0.2, -0.15) is 5.26 Å². The number of unbranched alkanes of at least 4 members (excludes halogenated alkanes) is 2. The lowest BCUT2D eigenvalue weighted by Gasteiger charge is -2.40. The van der Waals surface area contributed by atoms with Crippen LogP contribution in [0.1, 0.15) is 55.3 Å². The van der Waals surface area contributed by atoms with Crippen LogP contribution in [0.4, 0.5) is 5.82 Å². The summed E-state index contributed by atoms with van der Waals surface area (Å²) in [7, 11) is 0. The van der Waals surface area contributed by atoms with Crippen LogP contribution in [0.15, 0.2) is 42.6 Å². The molecule has 142 valence electrons. The van der Waals surface area contributed by atoms with Crippen LogP contribution >= 0.6 is 0 Å². The molecule has 4 nitrogen and oxygen atoms in total. The van der Waals surface area contributed by atoms with Gasteiger partial charge in [0, 0.05) is 38.4 Å². The van der Waals surface area contributed by atoms with Crippen molar-refractivity contribution in [2.75, 3.05) is 31.1 Å². The summed E-state index contributed by atoms with van der Waals surface area (Å²) in [5, 5.41) is 9.24. The van der Waals surface area contributed by atoms with E-state index < -0.39 is 0 Å². The second-order valence-electron chi connectivity index (χ2n) is 7.41. The monoisotopic (exact) mass is 362 g/mol. The standard InChI is InChI=1S/C23H30N4/c1-3-4-5-8-22(20-10-11-21(18-24)19(2)17-20)26-13-15-27(16-14-26)23-9-6-7-12-25-23/h6-7,9-12,17,22H,3-5,8,13-16H2,1-2H3. The molecule has 0 amide bonds. The third-order valence-electron chi connectivity index (χ3n) is 5.57. The molecule has 3 rings (SSSR count). The zero-order valence-electron chi connectivity index (χ0n) is 16.6. The number of anilines is 1. The van der Waals surface area contributed by atoms with Crippen LogP contribution in [-0.4, -0.2) is 36.1 Å². The number of aryl methyl sites for hydroxylation is 1. The molecule has 0 saturated carbocycles. The molecule has 1 unspecified atom stereocenters. The maximum Gasteiger partial charge on any atom is 0.128 e. The quantitative estimate of drug-likeness (QED) is 0.669. The van der Waals surface area contributed by atoms with Crippen molar-refractivity contribution in [2.24, 2.45) is 0 Å². The summed E-state index contributed by atoms with van der Waals surface area (Å²) in [4.78, 5) is 9.50. The van der Waals surface area contributed by atoms with E-state index in [1.54, 1.807) is 0 Å². The van der Waals surface area contributed by atoms with E-state index >= 15 is 0 Å². The minimum atomic E-state index is 0.439. The predicted molar refractivity (Wildman–Crippen MR) is 111 cm³/mol. The Morgan fingerprint density at radius 3 is 2.56 bits per heavy atom. The largest absolute Gasteiger partial charge is 0.354 e. The summed E-state index contributed by atoms with van der Waals surface area (Å²) < 4.78 is 0. The van der Waals surface area contributed by atoms with Crippen LogP contribution in [0.3, 0.4) is 0 Å². The molecule has 4 heteroatoms. The van der Waals surface area contributed by atoms with Gasteiger partial charge in [-0.15, -0.1) is 0 Å². The van der Waals surface area contributed by atoms with Gasteiger partial charge in [0.2, 0.25) is 0 Å². The molecule has 0 N–H and O–H groups in total. The number of piperazine rings is 1. The molecule has 1 aromatic carbocycles. The highest BCUT2D eigenvalue weighted by atomic mass is 15.3. The Labute approximate surface area is 163 Å². The summed E-state index contributed by atoms with van der Waals surface area (Å²) in [5.74, 6) is 1.08. The molecule has 1 atom stereocenters. The lowest BCUT2D eigenvalue weighted by molar-refractivity contribution is 0.173. The summed E-state index contributed by atoms with van der Waals surface area (Å²) in [6, 6.07) is 15.2. The molecule has 0 aliphatic carbocycles. The first-order valence-electron chi connectivity index (χ1n) is 10.1. The molecule has 1 aliphatic rings. The van der Waals surface area contributed by atoms with E-state index in [2.05, 4.69) is 52.0 Å². The summed E-state index contributed by atoms with van der Waals surface area (Å²) in [6.07, 6.45) is 6.82. The number of pyridine rings is 1. The van der Waals surface area contributed by atoms with E-state index in [0.29, 0.717) is 6.04 Å². The summed E-state index contributed by atoms with van der Waals surface area (Å²) in [5.41, 5.74) is 3.22. The van der Waals surface area contributed by atoms with Crippen LogP contribution < -0.4 is 4.90 Å². The van der Waals surface area contributed by atoms with Crippen LogP contribution in [0, 0.1) is 18.3 Å². The molecule has 1 saturated heterocycles. The van der Waals surface area contributed by atoms with Crippen molar-refractivity contribution in [1.29, 1.82) is 5.26 Å². The zero-order valence-corrected chi connectivity index (χ0v) is 16.6. The van der Waals surface area contributed by atoms with Gasteiger partial charge in [-0.1, -0.05) is 44.4 Å². The number of aromatic nitrogens is 1. The minimum absolute atomic E-state index is 0.439. The first kappa shape index (κ1) is 19.4. The van der Waals surface area contributed by atoms with Crippen molar-refractivity contribution < 1.29 is 0 Å². The Morgan fingerprint density at radius 2 is 1.93 bits per heavy atom. The molecule has 1 aromatic heterocycles. The lowest BCUT2D eigenvalue weighted by Crippen LogP contribution is -2.48. The molecule has 2 aromatic rings. The van der Waals surface area contributed by atoms with Gasteiger partial charge in [-0.3, -0.25) is 4.90 Å². The molecule has 2 heterocycles. The maximum atomic E-state index is 9.24. The fraction of sp³-hybridized carbons (Fsp3) is 0.478. The first-order valence-corrected chi connectivity index (χ1v) is 10.1. The van der Waals surface area contributed by atoms with E-state index in [0.717, 1.165) is 43.1 Å². The molecule has 0 bridgehead atoms. The number of nitrogens with zero attached hydrogens (tertiary/aromatic N) is 4. The van der Waals surface area contributed by atoms with Crippen molar-refractivity contribution in [3.05, 3.63) is 59.3 Å². The Hall–Kier alpha value is -2.38. The fourth-order valence-electron chi connectivity index (χ4n) is 3.97. The highest BCUT2D eigenvalue weighted by Crippen LogP contribution is 2.29. The molecule has 0 radical (unpaired) electrons. The predicted octanol–water partition coefficient (Wildman–Crippen LogP) is 4.71. The van der Waals surface area contributed by atoms with Crippen LogP contribution in [0.2, 0.25) is 0 Å². The average molecular weight is 363 g/mol. The van der Waals surface area contributed by atoms with Gasteiger partial charge in [-0.05, 0) is 42.7 Å². The highest BCUT2D eigenvalue weighted by molar-refractivity contribution is 5.41. The first-order chi connectivity index (χ1) is 13.2. The molecule has 0 spiro atoms. The van der Waals surface area contributed by atoms with Crippen molar-refractivity contribution >= 4 is 5.82 Å². The SMILES string of the molecule is CCCCCC(c1ccc(C#N)c(C)c1)N1CCN(c2ccccn2)CC1. The zero-order chi connectivity index (χ0) is 19.1. The summed E-state index contributed by atoms with van der Waals surface area (Å²) >= 11 is 0. The minimum Gasteiger partial charge on any atom is -0.354 e. The Bertz CT molecular complexity index is 758. The molecule has 27 heavy (non-hydrogen) atoms. The lowest BCUT2D eigenvalue weighted by atomic mass is 9.95. The van der Waals surface area contributed by atoms with Crippen LogP contribution in [-0.2, 0) is 0 Å². The third kappa shape index (κ3) is 4.87. The van der Waals surface area contributed by atoms with Crippen molar-refractivity contribution in [1.82, 2.24) is 9.88 Å². The summed E-state index contributed by atoms with van der Waals surface area (Å²) in [6.45, 7) is 8.42. The van der Waals surface area contributed by atoms with E-state index in [4.69, 9.17) is 0 Å². The van der Waals surface area contributed by atoms with Gasteiger partial charge >= 0.3 is 0 Å². The second-order valence-corrected chi connectivity index (χ2v) is 7.41. The fourth-order valence-corrected chi connectivity index (χ4v) is 3.97. The number of benzene rings is 1. The third-order valence-corrected chi connectivity index (χ3v) is 5.57. The second kappa shape index (κ2) is 9.53. The van der Waals surface area contributed by atoms with Gasteiger partial charge < -0.3 is 4.90 Å². The van der Waals surface area contributed by atoms with Crippen molar-refractivity contribution in [2.45, 2.75) is 45.6 Å². The molecule has 1 aliphatic heterocycles. The van der Waals surface area contributed by atoms with Crippen LogP contribution in [0.25, 0.3) is 0 Å². The van der Waals surface area contributed by atoms with E-state index in [1.807, 2.05) is 25.3 Å². The van der Waals surface area contributed by atoms with E-state index in [1.165, 1.54) is 31.2 Å². The molecular weight excluding hydrogens is 332 g/mol. The Balaban J connectivity index is 1.72. The van der Waals surface area contributed by atoms with Gasteiger partial charge in [0.1, 0.15) is 5.82 Å². The molecule has 1 fully saturated rings. The Kier molecular flexibility index (Phi) is 6.84. The van der Waals surface area contributed by atoms with Crippen molar-refractivity contribution in [3.8, 4) is 6.07 Å². The van der Waals surface area contributed by atoms with Gasteiger partial charge in [0.25, 0.3) is 0 Å².